The minimum absolute atomic E-state index is 0.277. The van der Waals surface area contributed by atoms with Crippen molar-refractivity contribution < 1.29 is 0 Å². The van der Waals surface area contributed by atoms with Gasteiger partial charge in [-0.25, -0.2) is 0 Å². The van der Waals surface area contributed by atoms with Gasteiger partial charge in [0.2, 0.25) is 0 Å². The summed E-state index contributed by atoms with van der Waals surface area (Å²) in [7, 11) is 0. The summed E-state index contributed by atoms with van der Waals surface area (Å²) in [6.45, 7) is 4.29. The fourth-order valence-corrected chi connectivity index (χ4v) is 2.82. The van der Waals surface area contributed by atoms with E-state index in [0.29, 0.717) is 6.04 Å². The van der Waals surface area contributed by atoms with Crippen molar-refractivity contribution in [3.05, 3.63) is 51.4 Å². The topological polar surface area (TPSA) is 24.9 Å². The van der Waals surface area contributed by atoms with Crippen LogP contribution in [0.1, 0.15) is 36.4 Å². The lowest BCUT2D eigenvalue weighted by Crippen LogP contribution is -2.21. The number of rotatable bonds is 4. The van der Waals surface area contributed by atoms with Gasteiger partial charge in [-0.2, -0.15) is 0 Å². The van der Waals surface area contributed by atoms with Crippen LogP contribution in [-0.2, 0) is 0 Å². The highest BCUT2D eigenvalue weighted by atomic mass is 35.5. The minimum Gasteiger partial charge on any atom is -0.303 e. The zero-order valence-electron chi connectivity index (χ0n) is 9.85. The largest absolute Gasteiger partial charge is 0.303 e. The molecule has 2 rings (SSSR count). The van der Waals surface area contributed by atoms with Crippen molar-refractivity contribution in [2.45, 2.75) is 25.9 Å². The van der Waals surface area contributed by atoms with E-state index < -0.39 is 0 Å². The third-order valence-corrected chi connectivity index (χ3v) is 4.12. The van der Waals surface area contributed by atoms with E-state index in [1.54, 1.807) is 17.5 Å². The Morgan fingerprint density at radius 3 is 2.65 bits per heavy atom. The highest BCUT2D eigenvalue weighted by Gasteiger charge is 2.12. The van der Waals surface area contributed by atoms with E-state index >= 15 is 0 Å². The summed E-state index contributed by atoms with van der Waals surface area (Å²) in [5, 5.41) is 3.54. The maximum Gasteiger partial charge on any atom is 0.0931 e. The van der Waals surface area contributed by atoms with Gasteiger partial charge in [0.05, 0.1) is 4.34 Å². The van der Waals surface area contributed by atoms with Crippen LogP contribution in [0.3, 0.4) is 0 Å². The van der Waals surface area contributed by atoms with Crippen molar-refractivity contribution in [1.29, 1.82) is 0 Å². The molecule has 0 aliphatic heterocycles. The Balaban J connectivity index is 2.02. The average molecular weight is 267 g/mol. The molecule has 2 aromatic rings. The summed E-state index contributed by atoms with van der Waals surface area (Å²) in [6, 6.07) is 8.62. The van der Waals surface area contributed by atoms with Crippen LogP contribution in [0.25, 0.3) is 0 Å². The SMILES string of the molecule is CC(NC(C)c1ccc(Cl)s1)c1cccnc1. The molecule has 2 heterocycles. The van der Waals surface area contributed by atoms with Crippen LogP contribution < -0.4 is 5.32 Å². The first-order valence-corrected chi connectivity index (χ1v) is 6.77. The molecule has 0 aliphatic carbocycles. The normalized spacial score (nSPS) is 14.5. The Kier molecular flexibility index (Phi) is 4.15. The predicted octanol–water partition coefficient (Wildman–Crippen LogP) is 4.21. The van der Waals surface area contributed by atoms with Crippen LogP contribution in [0.15, 0.2) is 36.7 Å². The van der Waals surface area contributed by atoms with Gasteiger partial charge in [-0.05, 0) is 37.6 Å². The minimum atomic E-state index is 0.277. The first-order chi connectivity index (χ1) is 8.16. The van der Waals surface area contributed by atoms with Gasteiger partial charge in [-0.15, -0.1) is 11.3 Å². The second kappa shape index (κ2) is 5.63. The highest BCUT2D eigenvalue weighted by Crippen LogP contribution is 2.28. The quantitative estimate of drug-likeness (QED) is 0.897. The lowest BCUT2D eigenvalue weighted by molar-refractivity contribution is 0.499. The van der Waals surface area contributed by atoms with Gasteiger partial charge in [0.15, 0.2) is 0 Å². The molecular weight excluding hydrogens is 252 g/mol. The van der Waals surface area contributed by atoms with Crippen LogP contribution in [-0.4, -0.2) is 4.98 Å². The van der Waals surface area contributed by atoms with Crippen molar-refractivity contribution >= 4 is 22.9 Å². The standard InChI is InChI=1S/C13H15ClN2S/c1-9(11-4-3-7-15-8-11)16-10(2)12-5-6-13(14)17-12/h3-10,16H,1-2H3. The molecule has 0 fully saturated rings. The number of aromatic nitrogens is 1. The molecule has 1 N–H and O–H groups in total. The highest BCUT2D eigenvalue weighted by molar-refractivity contribution is 7.16. The Bertz CT molecular complexity index is 469. The van der Waals surface area contributed by atoms with Crippen LogP contribution >= 0.6 is 22.9 Å². The maximum atomic E-state index is 5.94. The summed E-state index contributed by atoms with van der Waals surface area (Å²) in [6.07, 6.45) is 3.68. The Labute approximate surface area is 111 Å². The Morgan fingerprint density at radius 2 is 2.06 bits per heavy atom. The summed E-state index contributed by atoms with van der Waals surface area (Å²) in [5.74, 6) is 0. The number of halogens is 1. The van der Waals surface area contributed by atoms with Crippen LogP contribution in [0, 0.1) is 0 Å². The van der Waals surface area contributed by atoms with Gasteiger partial charge in [0, 0.05) is 29.4 Å². The zero-order valence-corrected chi connectivity index (χ0v) is 11.4. The van der Waals surface area contributed by atoms with Gasteiger partial charge >= 0.3 is 0 Å². The summed E-state index contributed by atoms with van der Waals surface area (Å²) in [4.78, 5) is 5.39. The lowest BCUT2D eigenvalue weighted by atomic mass is 10.1. The third-order valence-electron chi connectivity index (χ3n) is 2.71. The maximum absolute atomic E-state index is 5.94. The molecule has 0 amide bonds. The van der Waals surface area contributed by atoms with E-state index in [1.165, 1.54) is 10.4 Å². The first-order valence-electron chi connectivity index (χ1n) is 5.58. The molecule has 0 saturated heterocycles. The second-order valence-corrected chi connectivity index (χ2v) is 5.78. The Hall–Kier alpha value is -0.900. The number of hydrogen-bond acceptors (Lipinski definition) is 3. The molecule has 2 aromatic heterocycles. The zero-order chi connectivity index (χ0) is 12.3. The van der Waals surface area contributed by atoms with Gasteiger partial charge in [-0.3, -0.25) is 4.98 Å². The van der Waals surface area contributed by atoms with Crippen molar-refractivity contribution in [1.82, 2.24) is 10.3 Å². The molecule has 0 aliphatic rings. The molecule has 0 saturated carbocycles. The van der Waals surface area contributed by atoms with E-state index in [9.17, 15) is 0 Å². The smallest absolute Gasteiger partial charge is 0.0931 e. The molecule has 2 nitrogen and oxygen atoms in total. The van der Waals surface area contributed by atoms with Crippen molar-refractivity contribution in [3.63, 3.8) is 0 Å². The van der Waals surface area contributed by atoms with Gasteiger partial charge in [0.25, 0.3) is 0 Å². The van der Waals surface area contributed by atoms with Crippen molar-refractivity contribution in [2.24, 2.45) is 0 Å². The van der Waals surface area contributed by atoms with Gasteiger partial charge < -0.3 is 5.32 Å². The first kappa shape index (κ1) is 12.6. The lowest BCUT2D eigenvalue weighted by Gasteiger charge is -2.19. The molecule has 90 valence electrons. The van der Waals surface area contributed by atoms with E-state index in [4.69, 9.17) is 11.6 Å². The van der Waals surface area contributed by atoms with E-state index in [-0.39, 0.29) is 6.04 Å². The van der Waals surface area contributed by atoms with E-state index in [0.717, 1.165) is 4.34 Å². The Morgan fingerprint density at radius 1 is 1.24 bits per heavy atom. The summed E-state index contributed by atoms with van der Waals surface area (Å²) in [5.41, 5.74) is 1.20. The molecule has 0 bridgehead atoms. The summed E-state index contributed by atoms with van der Waals surface area (Å²) >= 11 is 7.56. The van der Waals surface area contributed by atoms with Crippen LogP contribution in [0.4, 0.5) is 0 Å². The molecule has 0 aromatic carbocycles. The molecule has 2 unspecified atom stereocenters. The number of nitrogens with one attached hydrogen (secondary N) is 1. The molecule has 4 heteroatoms. The third kappa shape index (κ3) is 3.28. The number of hydrogen-bond donors (Lipinski definition) is 1. The molecular formula is C13H15ClN2S. The van der Waals surface area contributed by atoms with E-state index in [1.807, 2.05) is 18.3 Å². The molecule has 0 spiro atoms. The van der Waals surface area contributed by atoms with Crippen molar-refractivity contribution in [3.8, 4) is 0 Å². The van der Waals surface area contributed by atoms with Crippen LogP contribution in [0.5, 0.6) is 0 Å². The average Bonchev–Trinajstić information content (AvgIpc) is 2.77. The number of thiophene rings is 1. The second-order valence-electron chi connectivity index (χ2n) is 4.04. The molecule has 0 radical (unpaired) electrons. The van der Waals surface area contributed by atoms with Crippen LogP contribution in [0.2, 0.25) is 4.34 Å². The predicted molar refractivity (Wildman–Crippen MR) is 73.5 cm³/mol. The number of nitrogens with zero attached hydrogens (tertiary/aromatic N) is 1. The summed E-state index contributed by atoms with van der Waals surface area (Å²) < 4.78 is 0.836. The molecule has 2 atom stereocenters. The fraction of sp³-hybridized carbons (Fsp3) is 0.308. The van der Waals surface area contributed by atoms with Gasteiger partial charge in [-0.1, -0.05) is 17.7 Å². The van der Waals surface area contributed by atoms with E-state index in [2.05, 4.69) is 36.3 Å². The fourth-order valence-electron chi connectivity index (χ4n) is 1.75. The van der Waals surface area contributed by atoms with Crippen molar-refractivity contribution in [2.75, 3.05) is 0 Å². The number of pyridine rings is 1. The monoisotopic (exact) mass is 266 g/mol. The molecule has 17 heavy (non-hydrogen) atoms. The van der Waals surface area contributed by atoms with Gasteiger partial charge in [0.1, 0.15) is 0 Å².